The maximum Gasteiger partial charge on any atom is 0.416 e. The Labute approximate surface area is 159 Å². The first-order chi connectivity index (χ1) is 12.8. The van der Waals surface area contributed by atoms with E-state index in [1.807, 2.05) is 0 Å². The molecule has 2 unspecified atom stereocenters. The van der Waals surface area contributed by atoms with Crippen molar-refractivity contribution in [3.63, 3.8) is 0 Å². The number of benzene rings is 2. The van der Waals surface area contributed by atoms with Gasteiger partial charge in [0.25, 0.3) is 0 Å². The number of rotatable bonds is 4. The highest BCUT2D eigenvalue weighted by molar-refractivity contribution is 6.30. The highest BCUT2D eigenvalue weighted by atomic mass is 35.5. The number of alkyl halides is 3. The predicted octanol–water partition coefficient (Wildman–Crippen LogP) is 4.56. The molecule has 1 aliphatic heterocycles. The Hall–Kier alpha value is -2.09. The van der Waals surface area contributed by atoms with Gasteiger partial charge in [-0.05, 0) is 35.4 Å². The molecule has 1 saturated heterocycles. The van der Waals surface area contributed by atoms with Crippen LogP contribution in [0.1, 0.15) is 28.8 Å². The number of carbonyl (C=O) groups is 1. The van der Waals surface area contributed by atoms with E-state index in [1.165, 1.54) is 12.1 Å². The van der Waals surface area contributed by atoms with Crippen molar-refractivity contribution < 1.29 is 27.8 Å². The topological polar surface area (TPSA) is 49.8 Å². The smallest absolute Gasteiger partial charge is 0.416 e. The van der Waals surface area contributed by atoms with Crippen LogP contribution in [0.2, 0.25) is 5.02 Å². The summed E-state index contributed by atoms with van der Waals surface area (Å²) in [6, 6.07) is 10.5. The lowest BCUT2D eigenvalue weighted by atomic mass is 10.0. The molecule has 2 aromatic rings. The van der Waals surface area contributed by atoms with E-state index < -0.39 is 29.9 Å². The Morgan fingerprint density at radius 3 is 2.52 bits per heavy atom. The minimum atomic E-state index is -4.40. The SMILES string of the molecule is O=C(O)C(c1cccc(Cl)c1)N1CCOC(c2ccc(C(F)(F)F)cc2)C1. The van der Waals surface area contributed by atoms with Crippen molar-refractivity contribution >= 4 is 17.6 Å². The number of aliphatic carboxylic acids is 1. The van der Waals surface area contributed by atoms with Gasteiger partial charge in [0.05, 0.1) is 18.3 Å². The van der Waals surface area contributed by atoms with Crippen LogP contribution in [0.3, 0.4) is 0 Å². The monoisotopic (exact) mass is 399 g/mol. The molecule has 2 aromatic carbocycles. The molecule has 8 heteroatoms. The quantitative estimate of drug-likeness (QED) is 0.819. The van der Waals surface area contributed by atoms with Crippen molar-refractivity contribution in [1.29, 1.82) is 0 Å². The van der Waals surface area contributed by atoms with Gasteiger partial charge in [0.15, 0.2) is 0 Å². The van der Waals surface area contributed by atoms with Crippen molar-refractivity contribution in [2.45, 2.75) is 18.3 Å². The van der Waals surface area contributed by atoms with Crippen LogP contribution in [0.15, 0.2) is 48.5 Å². The van der Waals surface area contributed by atoms with E-state index in [2.05, 4.69) is 0 Å². The summed E-state index contributed by atoms with van der Waals surface area (Å²) in [6.45, 7) is 0.908. The minimum absolute atomic E-state index is 0.245. The highest BCUT2D eigenvalue weighted by Gasteiger charge is 2.34. The molecule has 0 aromatic heterocycles. The third-order valence-corrected chi connectivity index (χ3v) is 4.71. The standard InChI is InChI=1S/C19H17ClF3NO3/c20-15-3-1-2-13(10-15)17(18(25)26)24-8-9-27-16(11-24)12-4-6-14(7-5-12)19(21,22)23/h1-7,10,16-17H,8-9,11H2,(H,25,26). The summed E-state index contributed by atoms with van der Waals surface area (Å²) >= 11 is 5.98. The third kappa shape index (κ3) is 4.61. The van der Waals surface area contributed by atoms with E-state index in [-0.39, 0.29) is 13.2 Å². The van der Waals surface area contributed by atoms with Crippen molar-refractivity contribution in [2.75, 3.05) is 19.7 Å². The molecular formula is C19H17ClF3NO3. The van der Waals surface area contributed by atoms with Crippen LogP contribution < -0.4 is 0 Å². The molecule has 0 aliphatic carbocycles. The maximum atomic E-state index is 12.7. The number of nitrogens with zero attached hydrogens (tertiary/aromatic N) is 1. The molecule has 27 heavy (non-hydrogen) atoms. The fraction of sp³-hybridized carbons (Fsp3) is 0.316. The summed E-state index contributed by atoms with van der Waals surface area (Å²) in [6.07, 6.45) is -4.92. The Morgan fingerprint density at radius 2 is 1.93 bits per heavy atom. The minimum Gasteiger partial charge on any atom is -0.480 e. The number of ether oxygens (including phenoxy) is 1. The number of carboxylic acids is 1. The summed E-state index contributed by atoms with van der Waals surface area (Å²) in [5, 5.41) is 10.1. The molecule has 1 heterocycles. The number of halogens is 4. The van der Waals surface area contributed by atoms with Gasteiger partial charge in [-0.2, -0.15) is 13.2 Å². The molecule has 0 bridgehead atoms. The zero-order valence-electron chi connectivity index (χ0n) is 14.1. The van der Waals surface area contributed by atoms with E-state index in [0.717, 1.165) is 12.1 Å². The van der Waals surface area contributed by atoms with Crippen LogP contribution in [0.5, 0.6) is 0 Å². The van der Waals surface area contributed by atoms with Gasteiger partial charge in [-0.1, -0.05) is 35.9 Å². The second kappa shape index (κ2) is 7.88. The Bertz CT molecular complexity index is 811. The number of hydrogen-bond acceptors (Lipinski definition) is 3. The van der Waals surface area contributed by atoms with Crippen LogP contribution >= 0.6 is 11.6 Å². The zero-order chi connectivity index (χ0) is 19.6. The second-order valence-electron chi connectivity index (χ2n) is 6.27. The van der Waals surface area contributed by atoms with Crippen LogP contribution in [-0.4, -0.2) is 35.7 Å². The molecule has 1 fully saturated rings. The molecule has 0 radical (unpaired) electrons. The van der Waals surface area contributed by atoms with E-state index in [4.69, 9.17) is 16.3 Å². The van der Waals surface area contributed by atoms with Gasteiger partial charge >= 0.3 is 12.1 Å². The van der Waals surface area contributed by atoms with E-state index in [0.29, 0.717) is 22.7 Å². The first-order valence-corrected chi connectivity index (χ1v) is 8.64. The van der Waals surface area contributed by atoms with Crippen molar-refractivity contribution in [3.05, 3.63) is 70.2 Å². The molecule has 144 valence electrons. The van der Waals surface area contributed by atoms with Gasteiger partial charge in [-0.15, -0.1) is 0 Å². The van der Waals surface area contributed by atoms with Crippen molar-refractivity contribution in [1.82, 2.24) is 4.90 Å². The lowest BCUT2D eigenvalue weighted by Crippen LogP contribution is -2.43. The Kier molecular flexibility index (Phi) is 5.74. The highest BCUT2D eigenvalue weighted by Crippen LogP contribution is 2.33. The second-order valence-corrected chi connectivity index (χ2v) is 6.71. The molecule has 1 N–H and O–H groups in total. The molecule has 4 nitrogen and oxygen atoms in total. The molecular weight excluding hydrogens is 383 g/mol. The van der Waals surface area contributed by atoms with Crippen molar-refractivity contribution in [2.24, 2.45) is 0 Å². The van der Waals surface area contributed by atoms with E-state index in [9.17, 15) is 23.1 Å². The lowest BCUT2D eigenvalue weighted by molar-refractivity contribution is -0.147. The lowest BCUT2D eigenvalue weighted by Gasteiger charge is -2.37. The summed E-state index contributed by atoms with van der Waals surface area (Å²) in [4.78, 5) is 13.6. The molecule has 0 spiro atoms. The number of hydrogen-bond donors (Lipinski definition) is 1. The van der Waals surface area contributed by atoms with E-state index >= 15 is 0 Å². The predicted molar refractivity (Wildman–Crippen MR) is 93.5 cm³/mol. The molecule has 1 aliphatic rings. The average molecular weight is 400 g/mol. The molecule has 2 atom stereocenters. The largest absolute Gasteiger partial charge is 0.480 e. The van der Waals surface area contributed by atoms with Gasteiger partial charge < -0.3 is 9.84 Å². The summed E-state index contributed by atoms with van der Waals surface area (Å²) in [7, 11) is 0. The third-order valence-electron chi connectivity index (χ3n) is 4.47. The summed E-state index contributed by atoms with van der Waals surface area (Å²) in [5.74, 6) is -1.02. The first kappa shape index (κ1) is 19.7. The first-order valence-electron chi connectivity index (χ1n) is 8.27. The van der Waals surface area contributed by atoms with Gasteiger partial charge in [0, 0.05) is 18.1 Å². The van der Waals surface area contributed by atoms with E-state index in [1.54, 1.807) is 29.2 Å². The average Bonchev–Trinajstić information content (AvgIpc) is 2.61. The fourth-order valence-corrected chi connectivity index (χ4v) is 3.38. The van der Waals surface area contributed by atoms with Crippen LogP contribution in [0.25, 0.3) is 0 Å². The normalized spacial score (nSPS) is 19.6. The molecule has 0 amide bonds. The Morgan fingerprint density at radius 1 is 1.22 bits per heavy atom. The fourth-order valence-electron chi connectivity index (χ4n) is 3.18. The van der Waals surface area contributed by atoms with Crippen LogP contribution in [0, 0.1) is 0 Å². The number of carboxylic acid groups (broad SMARTS) is 1. The van der Waals surface area contributed by atoms with Crippen LogP contribution in [-0.2, 0) is 15.7 Å². The maximum absolute atomic E-state index is 12.7. The molecule has 0 saturated carbocycles. The Balaban J connectivity index is 1.81. The zero-order valence-corrected chi connectivity index (χ0v) is 14.9. The van der Waals surface area contributed by atoms with Gasteiger partial charge in [-0.3, -0.25) is 9.69 Å². The number of morpholine rings is 1. The summed E-state index contributed by atoms with van der Waals surface area (Å²) < 4.78 is 43.8. The van der Waals surface area contributed by atoms with Gasteiger partial charge in [0.1, 0.15) is 6.04 Å². The van der Waals surface area contributed by atoms with Gasteiger partial charge in [0.2, 0.25) is 0 Å². The van der Waals surface area contributed by atoms with Gasteiger partial charge in [-0.25, -0.2) is 0 Å². The van der Waals surface area contributed by atoms with Crippen LogP contribution in [0.4, 0.5) is 13.2 Å². The van der Waals surface area contributed by atoms with Crippen molar-refractivity contribution in [3.8, 4) is 0 Å². The molecule has 3 rings (SSSR count). The summed E-state index contributed by atoms with van der Waals surface area (Å²) in [5.41, 5.74) is 0.382.